The number of halogens is 1. The van der Waals surface area contributed by atoms with Crippen molar-refractivity contribution < 1.29 is 9.53 Å². The Labute approximate surface area is 151 Å². The van der Waals surface area contributed by atoms with Crippen LogP contribution >= 0.6 is 11.6 Å². The van der Waals surface area contributed by atoms with Crippen LogP contribution < -0.4 is 4.74 Å². The molecule has 1 heterocycles. The maximum Gasteiger partial charge on any atom is 0.185 e. The number of carbonyl (C=O) groups excluding carboxylic acids is 1. The van der Waals surface area contributed by atoms with Crippen LogP contribution in [0.1, 0.15) is 28.4 Å². The lowest BCUT2D eigenvalue weighted by Crippen LogP contribution is -1.94. The summed E-state index contributed by atoms with van der Waals surface area (Å²) in [4.78, 5) is 16.7. The monoisotopic (exact) mass is 351 g/mol. The molecule has 126 valence electrons. The van der Waals surface area contributed by atoms with Crippen LogP contribution in [0.5, 0.6) is 5.75 Å². The van der Waals surface area contributed by atoms with E-state index < -0.39 is 0 Å². The number of ether oxygens (including phenoxy) is 1. The molecule has 2 aromatic carbocycles. The molecule has 0 aliphatic carbocycles. The number of aromatic nitrogens is 1. The highest BCUT2D eigenvalue weighted by molar-refractivity contribution is 6.31. The topological polar surface area (TPSA) is 39.2 Å². The van der Waals surface area contributed by atoms with Gasteiger partial charge in [0, 0.05) is 16.5 Å². The zero-order valence-electron chi connectivity index (χ0n) is 14.1. The fraction of sp³-hybridized carbons (Fsp3) is 0.143. The Morgan fingerprint density at radius 3 is 2.64 bits per heavy atom. The van der Waals surface area contributed by atoms with E-state index in [2.05, 4.69) is 4.98 Å². The summed E-state index contributed by atoms with van der Waals surface area (Å²) in [5.74, 6) is 0.712. The van der Waals surface area contributed by atoms with E-state index in [-0.39, 0.29) is 5.78 Å². The predicted octanol–water partition coefficient (Wildman–Crippen LogP) is 5.49. The van der Waals surface area contributed by atoms with Crippen molar-refractivity contribution in [3.8, 4) is 5.75 Å². The molecule has 3 rings (SSSR count). The Bertz CT molecular complexity index is 946. The Balaban J connectivity index is 1.90. The standard InChI is InChI=1S/C21H18ClNO2/c1-3-25-18-9-10-19-17(13-18)12-16(21(22)23-19)8-11-20(24)15-6-4-14(2)5-7-15/h4-13H,3H2,1-2H3/b11-8+. The van der Waals surface area contributed by atoms with Crippen LogP contribution in [0.15, 0.2) is 54.6 Å². The van der Waals surface area contributed by atoms with Crippen molar-refractivity contribution in [1.82, 2.24) is 4.98 Å². The van der Waals surface area contributed by atoms with Crippen LogP contribution in [0.2, 0.25) is 5.15 Å². The first kappa shape index (κ1) is 17.2. The molecule has 3 nitrogen and oxygen atoms in total. The van der Waals surface area contributed by atoms with Gasteiger partial charge in [0.05, 0.1) is 12.1 Å². The van der Waals surface area contributed by atoms with Crippen molar-refractivity contribution >= 4 is 34.4 Å². The minimum absolute atomic E-state index is 0.0702. The fourth-order valence-electron chi connectivity index (χ4n) is 2.50. The van der Waals surface area contributed by atoms with Crippen molar-refractivity contribution in [3.05, 3.63) is 76.5 Å². The number of hydrogen-bond acceptors (Lipinski definition) is 3. The molecule has 0 N–H and O–H groups in total. The highest BCUT2D eigenvalue weighted by Crippen LogP contribution is 2.25. The number of benzene rings is 2. The first-order chi connectivity index (χ1) is 12.1. The molecule has 1 aromatic heterocycles. The van der Waals surface area contributed by atoms with Crippen molar-refractivity contribution in [2.45, 2.75) is 13.8 Å². The molecular formula is C21H18ClNO2. The van der Waals surface area contributed by atoms with E-state index in [0.717, 1.165) is 22.2 Å². The molecule has 0 saturated carbocycles. The summed E-state index contributed by atoms with van der Waals surface area (Å²) in [6, 6.07) is 15.0. The van der Waals surface area contributed by atoms with Gasteiger partial charge in [-0.3, -0.25) is 4.79 Å². The molecule has 0 aliphatic rings. The third-order valence-electron chi connectivity index (χ3n) is 3.83. The van der Waals surface area contributed by atoms with Gasteiger partial charge in [0.25, 0.3) is 0 Å². The first-order valence-electron chi connectivity index (χ1n) is 8.09. The van der Waals surface area contributed by atoms with Gasteiger partial charge >= 0.3 is 0 Å². The number of nitrogens with zero attached hydrogens (tertiary/aromatic N) is 1. The van der Waals surface area contributed by atoms with Gasteiger partial charge in [0.2, 0.25) is 0 Å². The Hall–Kier alpha value is -2.65. The SMILES string of the molecule is CCOc1ccc2nc(Cl)c(/C=C/C(=O)c3ccc(C)cc3)cc2c1. The molecule has 0 amide bonds. The molecule has 4 heteroatoms. The average molecular weight is 352 g/mol. The summed E-state index contributed by atoms with van der Waals surface area (Å²) >= 11 is 6.25. The number of allylic oxidation sites excluding steroid dienone is 1. The number of carbonyl (C=O) groups is 1. The van der Waals surface area contributed by atoms with Gasteiger partial charge in [-0.1, -0.05) is 41.4 Å². The van der Waals surface area contributed by atoms with Gasteiger partial charge in [-0.15, -0.1) is 0 Å². The maximum absolute atomic E-state index is 12.3. The van der Waals surface area contributed by atoms with Gasteiger partial charge in [0.1, 0.15) is 10.9 Å². The highest BCUT2D eigenvalue weighted by atomic mass is 35.5. The van der Waals surface area contributed by atoms with Gasteiger partial charge < -0.3 is 4.74 Å². The van der Waals surface area contributed by atoms with Crippen LogP contribution in [0.25, 0.3) is 17.0 Å². The average Bonchev–Trinajstić information content (AvgIpc) is 2.61. The van der Waals surface area contributed by atoms with Gasteiger partial charge in [-0.25, -0.2) is 4.98 Å². The van der Waals surface area contributed by atoms with E-state index in [1.165, 1.54) is 6.08 Å². The summed E-state index contributed by atoms with van der Waals surface area (Å²) in [6.45, 7) is 4.53. The second-order valence-electron chi connectivity index (χ2n) is 5.72. The first-order valence-corrected chi connectivity index (χ1v) is 8.47. The van der Waals surface area contributed by atoms with Crippen LogP contribution in [-0.4, -0.2) is 17.4 Å². The summed E-state index contributed by atoms with van der Waals surface area (Å²) in [7, 11) is 0. The molecule has 0 fully saturated rings. The van der Waals surface area contributed by atoms with E-state index in [0.29, 0.717) is 22.9 Å². The third-order valence-corrected chi connectivity index (χ3v) is 4.13. The smallest absolute Gasteiger partial charge is 0.185 e. The van der Waals surface area contributed by atoms with Crippen molar-refractivity contribution in [1.29, 1.82) is 0 Å². The molecule has 0 spiro atoms. The van der Waals surface area contributed by atoms with E-state index in [1.54, 1.807) is 6.08 Å². The van der Waals surface area contributed by atoms with Gasteiger partial charge in [-0.05, 0) is 50.3 Å². The number of hydrogen-bond donors (Lipinski definition) is 0. The second kappa shape index (κ2) is 7.49. The van der Waals surface area contributed by atoms with Crippen molar-refractivity contribution in [3.63, 3.8) is 0 Å². The van der Waals surface area contributed by atoms with Gasteiger partial charge in [-0.2, -0.15) is 0 Å². The van der Waals surface area contributed by atoms with Crippen LogP contribution in [0.3, 0.4) is 0 Å². The largest absolute Gasteiger partial charge is 0.494 e. The maximum atomic E-state index is 12.3. The Kier molecular flexibility index (Phi) is 5.15. The van der Waals surface area contributed by atoms with Crippen molar-refractivity contribution in [2.75, 3.05) is 6.61 Å². The molecule has 0 radical (unpaired) electrons. The highest BCUT2D eigenvalue weighted by Gasteiger charge is 2.06. The molecule has 0 bridgehead atoms. The lowest BCUT2D eigenvalue weighted by Gasteiger charge is -2.06. The molecule has 0 aliphatic heterocycles. The van der Waals surface area contributed by atoms with E-state index in [9.17, 15) is 4.79 Å². The second-order valence-corrected chi connectivity index (χ2v) is 6.08. The van der Waals surface area contributed by atoms with Crippen LogP contribution in [0.4, 0.5) is 0 Å². The molecule has 25 heavy (non-hydrogen) atoms. The molecule has 3 aromatic rings. The Morgan fingerprint density at radius 2 is 1.92 bits per heavy atom. The number of aryl methyl sites for hydroxylation is 1. The van der Waals surface area contributed by atoms with E-state index in [1.807, 2.05) is 62.4 Å². The molecule has 0 unspecified atom stereocenters. The van der Waals surface area contributed by atoms with E-state index in [4.69, 9.17) is 16.3 Å². The number of fused-ring (bicyclic) bond motifs is 1. The lowest BCUT2D eigenvalue weighted by atomic mass is 10.1. The quantitative estimate of drug-likeness (QED) is 0.346. The molecule has 0 atom stereocenters. The minimum atomic E-state index is -0.0702. The Morgan fingerprint density at radius 1 is 1.16 bits per heavy atom. The number of ketones is 1. The van der Waals surface area contributed by atoms with Crippen molar-refractivity contribution in [2.24, 2.45) is 0 Å². The fourth-order valence-corrected chi connectivity index (χ4v) is 2.71. The van der Waals surface area contributed by atoms with Crippen LogP contribution in [-0.2, 0) is 0 Å². The summed E-state index contributed by atoms with van der Waals surface area (Å²) < 4.78 is 5.52. The van der Waals surface area contributed by atoms with Crippen LogP contribution in [0, 0.1) is 6.92 Å². The minimum Gasteiger partial charge on any atom is -0.494 e. The number of pyridine rings is 1. The molecule has 0 saturated heterocycles. The zero-order valence-corrected chi connectivity index (χ0v) is 14.9. The molecular weight excluding hydrogens is 334 g/mol. The normalized spacial score (nSPS) is 11.2. The van der Waals surface area contributed by atoms with E-state index >= 15 is 0 Å². The zero-order chi connectivity index (χ0) is 17.8. The van der Waals surface area contributed by atoms with Gasteiger partial charge in [0.15, 0.2) is 5.78 Å². The summed E-state index contributed by atoms with van der Waals surface area (Å²) in [5.41, 5.74) is 3.25. The third kappa shape index (κ3) is 4.06. The predicted molar refractivity (Wildman–Crippen MR) is 102 cm³/mol. The number of rotatable bonds is 5. The summed E-state index contributed by atoms with van der Waals surface area (Å²) in [5, 5.41) is 1.28. The lowest BCUT2D eigenvalue weighted by molar-refractivity contribution is 0.104. The summed E-state index contributed by atoms with van der Waals surface area (Å²) in [6.07, 6.45) is 3.22.